The van der Waals surface area contributed by atoms with Gasteiger partial charge in [0.2, 0.25) is 5.95 Å². The number of carbonyl (C=O) groups is 2. The molecule has 2 aromatic heterocycles. The van der Waals surface area contributed by atoms with Gasteiger partial charge in [0.05, 0.1) is 12.9 Å². The van der Waals surface area contributed by atoms with Crippen molar-refractivity contribution >= 4 is 29.2 Å². The van der Waals surface area contributed by atoms with E-state index in [1.54, 1.807) is 20.8 Å². The number of amides is 1. The number of rotatable bonds is 9. The van der Waals surface area contributed by atoms with Gasteiger partial charge in [-0.25, -0.2) is 14.6 Å². The summed E-state index contributed by atoms with van der Waals surface area (Å²) in [5.41, 5.74) is 5.69. The Kier molecular flexibility index (Phi) is 7.84. The Bertz CT molecular complexity index is 1180. The average Bonchev–Trinajstić information content (AvgIpc) is 3.15. The maximum atomic E-state index is 12.7. The summed E-state index contributed by atoms with van der Waals surface area (Å²) in [6.07, 6.45) is 0.928. The maximum absolute atomic E-state index is 12.7. The summed E-state index contributed by atoms with van der Waals surface area (Å²) < 4.78 is 17.6. The van der Waals surface area contributed by atoms with Gasteiger partial charge in [0.25, 0.3) is 5.56 Å². The molecule has 182 valence electrons. The molecule has 0 radical (unpaired) electrons. The second-order valence-corrected chi connectivity index (χ2v) is 8.43. The quantitative estimate of drug-likeness (QED) is 0.308. The van der Waals surface area contributed by atoms with E-state index in [4.69, 9.17) is 19.9 Å². The van der Waals surface area contributed by atoms with Gasteiger partial charge < -0.3 is 25.3 Å². The van der Waals surface area contributed by atoms with Crippen LogP contribution in [0, 0.1) is 0 Å². The molecule has 0 spiro atoms. The van der Waals surface area contributed by atoms with Gasteiger partial charge in [0.1, 0.15) is 25.0 Å². The number of benzene rings is 1. The predicted octanol–water partition coefficient (Wildman–Crippen LogP) is 1.36. The molecule has 12 nitrogen and oxygen atoms in total. The molecule has 1 aromatic carbocycles. The zero-order valence-electron chi connectivity index (χ0n) is 19.2. The van der Waals surface area contributed by atoms with E-state index in [-0.39, 0.29) is 43.5 Å². The zero-order valence-corrected chi connectivity index (χ0v) is 19.2. The Balaban J connectivity index is 1.53. The topological polar surface area (TPSA) is 163 Å². The summed E-state index contributed by atoms with van der Waals surface area (Å²) in [5, 5.41) is 2.57. The van der Waals surface area contributed by atoms with Crippen molar-refractivity contribution in [2.24, 2.45) is 0 Å². The number of nitrogen functional groups attached to an aromatic ring is 1. The first-order valence-electron chi connectivity index (χ1n) is 10.6. The molecule has 0 saturated carbocycles. The minimum Gasteiger partial charge on any atom is -0.462 e. The molecule has 2 heterocycles. The van der Waals surface area contributed by atoms with Gasteiger partial charge in [0.15, 0.2) is 11.2 Å². The van der Waals surface area contributed by atoms with Crippen LogP contribution in [0.25, 0.3) is 11.2 Å². The van der Waals surface area contributed by atoms with E-state index in [0.717, 1.165) is 5.56 Å². The molecule has 0 saturated heterocycles. The number of hydrogen-bond acceptors (Lipinski definition) is 9. The number of imidazole rings is 1. The summed E-state index contributed by atoms with van der Waals surface area (Å²) in [4.78, 5) is 47.1. The second kappa shape index (κ2) is 10.8. The standard InChI is InChI=1S/C22H28N6O6/c1-22(2,3)34-21(31)25-15(11-14-7-5-4-6-8-14)19(30)33-10-9-32-13-28-12-24-16-17(28)26-20(23)27-18(16)29/h4-8,12,15H,9-11,13H2,1-3H3,(H,25,31)(H3,23,26,27,29)/t15-/m0/s1. The Morgan fingerprint density at radius 2 is 1.94 bits per heavy atom. The third kappa shape index (κ3) is 7.04. The van der Waals surface area contributed by atoms with Gasteiger partial charge in [-0.2, -0.15) is 4.98 Å². The first kappa shape index (κ1) is 24.7. The Hall–Kier alpha value is -3.93. The van der Waals surface area contributed by atoms with Crippen LogP contribution in [-0.4, -0.2) is 56.4 Å². The number of nitrogens with zero attached hydrogens (tertiary/aromatic N) is 3. The minimum absolute atomic E-state index is 0.0214. The van der Waals surface area contributed by atoms with Crippen LogP contribution < -0.4 is 16.6 Å². The molecule has 4 N–H and O–H groups in total. The lowest BCUT2D eigenvalue weighted by Crippen LogP contribution is -2.45. The van der Waals surface area contributed by atoms with Crippen molar-refractivity contribution in [3.8, 4) is 0 Å². The number of fused-ring (bicyclic) bond motifs is 1. The summed E-state index contributed by atoms with van der Waals surface area (Å²) in [5.74, 6) is -0.650. The Morgan fingerprint density at radius 3 is 2.65 bits per heavy atom. The number of nitrogens with two attached hydrogens (primary N) is 1. The van der Waals surface area contributed by atoms with E-state index in [2.05, 4.69) is 20.3 Å². The fourth-order valence-electron chi connectivity index (χ4n) is 3.02. The molecule has 34 heavy (non-hydrogen) atoms. The lowest BCUT2D eigenvalue weighted by molar-refractivity contribution is -0.148. The molecule has 0 aliphatic carbocycles. The second-order valence-electron chi connectivity index (χ2n) is 8.43. The minimum atomic E-state index is -0.936. The van der Waals surface area contributed by atoms with E-state index >= 15 is 0 Å². The number of esters is 1. The highest BCUT2D eigenvalue weighted by atomic mass is 16.6. The summed E-state index contributed by atoms with van der Waals surface area (Å²) >= 11 is 0. The third-order valence-corrected chi connectivity index (χ3v) is 4.45. The molecule has 0 aliphatic heterocycles. The lowest BCUT2D eigenvalue weighted by atomic mass is 10.1. The van der Waals surface area contributed by atoms with Gasteiger partial charge in [-0.3, -0.25) is 14.3 Å². The van der Waals surface area contributed by atoms with E-state index < -0.39 is 29.3 Å². The molecule has 1 amide bonds. The predicted molar refractivity (Wildman–Crippen MR) is 123 cm³/mol. The first-order valence-corrected chi connectivity index (χ1v) is 10.6. The first-order chi connectivity index (χ1) is 16.1. The highest BCUT2D eigenvalue weighted by Crippen LogP contribution is 2.10. The average molecular weight is 473 g/mol. The van der Waals surface area contributed by atoms with E-state index in [9.17, 15) is 14.4 Å². The number of anilines is 1. The fraction of sp³-hybridized carbons (Fsp3) is 0.409. The van der Waals surface area contributed by atoms with Crippen molar-refractivity contribution in [1.29, 1.82) is 0 Å². The molecule has 0 unspecified atom stereocenters. The van der Waals surface area contributed by atoms with Crippen LogP contribution in [0.3, 0.4) is 0 Å². The number of H-pyrrole nitrogens is 1. The van der Waals surface area contributed by atoms with Crippen LogP contribution in [0.4, 0.5) is 10.7 Å². The summed E-state index contributed by atoms with van der Waals surface area (Å²) in [6.45, 7) is 5.23. The van der Waals surface area contributed by atoms with Gasteiger partial charge in [-0.15, -0.1) is 0 Å². The number of aromatic nitrogens is 4. The molecule has 3 aromatic rings. The zero-order chi connectivity index (χ0) is 24.7. The Labute approximate surface area is 195 Å². The largest absolute Gasteiger partial charge is 0.462 e. The van der Waals surface area contributed by atoms with Crippen molar-refractivity contribution in [1.82, 2.24) is 24.8 Å². The molecule has 3 rings (SSSR count). The third-order valence-electron chi connectivity index (χ3n) is 4.45. The Morgan fingerprint density at radius 1 is 1.21 bits per heavy atom. The van der Waals surface area contributed by atoms with Crippen LogP contribution in [-0.2, 0) is 32.2 Å². The molecule has 0 fully saturated rings. The highest BCUT2D eigenvalue weighted by Gasteiger charge is 2.26. The summed E-state index contributed by atoms with van der Waals surface area (Å²) in [6, 6.07) is 8.31. The monoisotopic (exact) mass is 472 g/mol. The van der Waals surface area contributed by atoms with Crippen molar-refractivity contribution in [3.63, 3.8) is 0 Å². The number of nitrogens with one attached hydrogen (secondary N) is 2. The SMILES string of the molecule is CC(C)(C)OC(=O)N[C@@H](Cc1ccccc1)C(=O)OCCOCn1cnc2c(=O)[nH]c(N)nc21. The molecule has 0 bridgehead atoms. The van der Waals surface area contributed by atoms with E-state index in [1.807, 2.05) is 30.3 Å². The smallest absolute Gasteiger partial charge is 0.408 e. The molecule has 0 aliphatic rings. The van der Waals surface area contributed by atoms with E-state index in [1.165, 1.54) is 10.9 Å². The number of alkyl carbamates (subject to hydrolysis) is 1. The van der Waals surface area contributed by atoms with Crippen LogP contribution in [0.1, 0.15) is 26.3 Å². The van der Waals surface area contributed by atoms with Gasteiger partial charge in [0, 0.05) is 6.42 Å². The normalized spacial score (nSPS) is 12.3. The van der Waals surface area contributed by atoms with Crippen LogP contribution in [0.2, 0.25) is 0 Å². The highest BCUT2D eigenvalue weighted by molar-refractivity contribution is 5.81. The van der Waals surface area contributed by atoms with Crippen LogP contribution in [0.15, 0.2) is 41.5 Å². The number of carbonyl (C=O) groups excluding carboxylic acids is 2. The number of hydrogen-bond donors (Lipinski definition) is 3. The molecule has 12 heteroatoms. The lowest BCUT2D eigenvalue weighted by Gasteiger charge is -2.23. The van der Waals surface area contributed by atoms with Crippen LogP contribution in [0.5, 0.6) is 0 Å². The van der Waals surface area contributed by atoms with Crippen molar-refractivity contribution in [3.05, 3.63) is 52.6 Å². The maximum Gasteiger partial charge on any atom is 0.408 e. The van der Waals surface area contributed by atoms with Crippen molar-refractivity contribution in [2.75, 3.05) is 18.9 Å². The van der Waals surface area contributed by atoms with Gasteiger partial charge in [-0.1, -0.05) is 30.3 Å². The van der Waals surface area contributed by atoms with Gasteiger partial charge in [-0.05, 0) is 26.3 Å². The molecule has 1 atom stereocenters. The van der Waals surface area contributed by atoms with Crippen molar-refractivity contribution < 1.29 is 23.8 Å². The summed E-state index contributed by atoms with van der Waals surface area (Å²) in [7, 11) is 0. The number of aromatic amines is 1. The van der Waals surface area contributed by atoms with Crippen LogP contribution >= 0.6 is 0 Å². The van der Waals surface area contributed by atoms with Crippen molar-refractivity contribution in [2.45, 2.75) is 45.6 Å². The van der Waals surface area contributed by atoms with Gasteiger partial charge >= 0.3 is 12.1 Å². The molecular formula is C22H28N6O6. The fourth-order valence-corrected chi connectivity index (χ4v) is 3.02. The van der Waals surface area contributed by atoms with E-state index in [0.29, 0.717) is 0 Å². The molecular weight excluding hydrogens is 444 g/mol. The number of ether oxygens (including phenoxy) is 3.